The van der Waals surface area contributed by atoms with Crippen LogP contribution in [0.2, 0.25) is 0 Å². The Labute approximate surface area is 283 Å². The third kappa shape index (κ3) is 18.9. The first kappa shape index (κ1) is 43.6. The van der Waals surface area contributed by atoms with Gasteiger partial charge in [-0.1, -0.05) is 93.9 Å². The van der Waals surface area contributed by atoms with Gasteiger partial charge in [0, 0.05) is 6.42 Å². The minimum absolute atomic E-state index is 0.136. The zero-order chi connectivity index (χ0) is 35.8. The van der Waals surface area contributed by atoms with E-state index < -0.39 is 75.7 Å². The van der Waals surface area contributed by atoms with Crippen molar-refractivity contribution in [3.05, 3.63) is 60.8 Å². The Morgan fingerprint density at radius 2 is 1.17 bits per heavy atom. The van der Waals surface area contributed by atoms with E-state index in [0.717, 1.165) is 44.9 Å². The van der Waals surface area contributed by atoms with E-state index in [2.05, 4.69) is 43.4 Å². The summed E-state index contributed by atoms with van der Waals surface area (Å²) in [6.07, 6.45) is 14.2. The molecule has 1 aliphatic carbocycles. The van der Waals surface area contributed by atoms with Crippen LogP contribution in [-0.2, 0) is 32.7 Å². The second kappa shape index (κ2) is 25.5. The summed E-state index contributed by atoms with van der Waals surface area (Å²) >= 11 is 0. The molecule has 0 aromatic heterocycles. The van der Waals surface area contributed by atoms with Crippen molar-refractivity contribution in [1.82, 2.24) is 0 Å². The van der Waals surface area contributed by atoms with E-state index >= 15 is 0 Å². The maximum Gasteiger partial charge on any atom is 0.472 e. The number of esters is 2. The number of aliphatic hydroxyl groups excluding tert-OH is 5. The fourth-order valence-corrected chi connectivity index (χ4v) is 5.39. The van der Waals surface area contributed by atoms with Gasteiger partial charge in [0.2, 0.25) is 0 Å². The Morgan fingerprint density at radius 3 is 1.69 bits per heavy atom. The molecule has 13 nitrogen and oxygen atoms in total. The van der Waals surface area contributed by atoms with E-state index in [1.807, 2.05) is 19.1 Å². The smallest absolute Gasteiger partial charge is 0.462 e. The van der Waals surface area contributed by atoms with Crippen molar-refractivity contribution in [3.63, 3.8) is 0 Å². The molecule has 0 bridgehead atoms. The van der Waals surface area contributed by atoms with Gasteiger partial charge in [0.25, 0.3) is 0 Å². The number of unbranched alkanes of at least 4 members (excludes halogenated alkanes) is 3. The lowest BCUT2D eigenvalue weighted by Crippen LogP contribution is -2.64. The van der Waals surface area contributed by atoms with Gasteiger partial charge in [-0.2, -0.15) is 0 Å². The number of ether oxygens (including phenoxy) is 2. The van der Waals surface area contributed by atoms with Gasteiger partial charge in [-0.3, -0.25) is 18.6 Å². The average molecular weight is 703 g/mol. The van der Waals surface area contributed by atoms with Crippen LogP contribution in [0.5, 0.6) is 0 Å². The Bertz CT molecular complexity index is 1090. The quantitative estimate of drug-likeness (QED) is 0.0366. The Kier molecular flexibility index (Phi) is 23.2. The van der Waals surface area contributed by atoms with Crippen molar-refractivity contribution in [2.45, 2.75) is 127 Å². The molecule has 0 amide bonds. The molecule has 0 aromatic carbocycles. The standard InChI is InChI=1S/C34H55O13P/c1-3-5-7-9-10-11-12-13-14-15-16-17-18-19-21-23-28(36)46-26(24-44-27(35)22-20-8-6-4-2)25-45-48(42,43)47-34-32(40)30(38)29(37)31(39)33(34)41/h5,7,10-11,13-14,16-17,19,21,26,29-34,37-41H,3-4,6,8-9,12,15,18,20,22-25H2,1-2H3,(H,42,43)/b7-5-,11-10-,14-13-,17-16-,21-19-. The van der Waals surface area contributed by atoms with Gasteiger partial charge < -0.3 is 39.9 Å². The summed E-state index contributed by atoms with van der Waals surface area (Å²) in [7, 11) is -5.12. The van der Waals surface area contributed by atoms with E-state index in [-0.39, 0.29) is 12.8 Å². The lowest BCUT2D eigenvalue weighted by atomic mass is 9.85. The predicted octanol–water partition coefficient (Wildman–Crippen LogP) is 3.87. The van der Waals surface area contributed by atoms with E-state index in [4.69, 9.17) is 18.5 Å². The molecule has 6 unspecified atom stereocenters. The predicted molar refractivity (Wildman–Crippen MR) is 179 cm³/mol. The molecule has 1 aliphatic rings. The topological polar surface area (TPSA) is 210 Å². The number of aliphatic hydroxyl groups is 5. The molecular formula is C34H55O13P. The van der Waals surface area contributed by atoms with Crippen LogP contribution in [0.1, 0.15) is 84.5 Å². The summed E-state index contributed by atoms with van der Waals surface area (Å²) in [4.78, 5) is 34.9. The molecule has 0 aromatic rings. The molecule has 0 radical (unpaired) electrons. The van der Waals surface area contributed by atoms with E-state index in [1.54, 1.807) is 12.2 Å². The van der Waals surface area contributed by atoms with Gasteiger partial charge >= 0.3 is 19.8 Å². The fourth-order valence-electron chi connectivity index (χ4n) is 4.42. The Morgan fingerprint density at radius 1 is 0.667 bits per heavy atom. The number of hydrogen-bond acceptors (Lipinski definition) is 12. The first-order valence-corrected chi connectivity index (χ1v) is 18.1. The maximum atomic E-state index is 12.6. The summed E-state index contributed by atoms with van der Waals surface area (Å²) in [5.74, 6) is -1.28. The third-order valence-electron chi connectivity index (χ3n) is 7.16. The van der Waals surface area contributed by atoms with Gasteiger partial charge in [0.15, 0.2) is 6.10 Å². The Hall–Kier alpha value is -2.45. The Balaban J connectivity index is 2.63. The van der Waals surface area contributed by atoms with Crippen molar-refractivity contribution in [3.8, 4) is 0 Å². The minimum atomic E-state index is -5.12. The van der Waals surface area contributed by atoms with Crippen molar-refractivity contribution in [2.75, 3.05) is 13.2 Å². The number of carbonyl (C=O) groups excluding carboxylic acids is 2. The van der Waals surface area contributed by atoms with Crippen LogP contribution in [0.4, 0.5) is 0 Å². The number of rotatable bonds is 24. The molecule has 0 heterocycles. The SMILES string of the molecule is CC/C=C\C/C=C\C/C=C\C/C=C\C/C=C\CC(=O)OC(COC(=O)CCCCCC)COP(=O)(O)OC1C(O)C(O)C(O)C(O)C1O. The van der Waals surface area contributed by atoms with E-state index in [9.17, 15) is 44.6 Å². The van der Waals surface area contributed by atoms with Crippen LogP contribution >= 0.6 is 7.82 Å². The number of allylic oxidation sites excluding steroid dienone is 9. The van der Waals surface area contributed by atoms with Crippen molar-refractivity contribution in [1.29, 1.82) is 0 Å². The maximum absolute atomic E-state index is 12.6. The molecule has 0 aliphatic heterocycles. The summed E-state index contributed by atoms with van der Waals surface area (Å²) < 4.78 is 32.8. The van der Waals surface area contributed by atoms with Crippen molar-refractivity contribution >= 4 is 19.8 Å². The molecule has 1 fully saturated rings. The fraction of sp³-hybridized carbons (Fsp3) is 0.647. The highest BCUT2D eigenvalue weighted by molar-refractivity contribution is 7.47. The lowest BCUT2D eigenvalue weighted by Gasteiger charge is -2.41. The zero-order valence-corrected chi connectivity index (χ0v) is 28.9. The summed E-state index contributed by atoms with van der Waals surface area (Å²) in [6.45, 7) is 2.87. The minimum Gasteiger partial charge on any atom is -0.462 e. The molecule has 1 saturated carbocycles. The highest BCUT2D eigenvalue weighted by Crippen LogP contribution is 2.47. The highest BCUT2D eigenvalue weighted by atomic mass is 31.2. The van der Waals surface area contributed by atoms with Crippen LogP contribution < -0.4 is 0 Å². The molecule has 0 spiro atoms. The third-order valence-corrected chi connectivity index (χ3v) is 8.14. The molecule has 0 saturated heterocycles. The molecule has 48 heavy (non-hydrogen) atoms. The molecule has 6 N–H and O–H groups in total. The zero-order valence-electron chi connectivity index (χ0n) is 28.0. The van der Waals surface area contributed by atoms with E-state index in [1.165, 1.54) is 0 Å². The first-order valence-electron chi connectivity index (χ1n) is 16.6. The van der Waals surface area contributed by atoms with Crippen LogP contribution in [0, 0.1) is 0 Å². The molecule has 14 heteroatoms. The number of carbonyl (C=O) groups is 2. The van der Waals surface area contributed by atoms with Crippen LogP contribution in [0.3, 0.4) is 0 Å². The second-order valence-electron chi connectivity index (χ2n) is 11.3. The number of phosphoric ester groups is 1. The lowest BCUT2D eigenvalue weighted by molar-refractivity contribution is -0.220. The second-order valence-corrected chi connectivity index (χ2v) is 12.7. The molecular weight excluding hydrogens is 647 g/mol. The first-order chi connectivity index (χ1) is 22.9. The van der Waals surface area contributed by atoms with Gasteiger partial charge in [-0.25, -0.2) is 4.57 Å². The number of phosphoric acid groups is 1. The largest absolute Gasteiger partial charge is 0.472 e. The normalized spacial score (nSPS) is 25.4. The highest BCUT2D eigenvalue weighted by Gasteiger charge is 2.51. The molecule has 274 valence electrons. The van der Waals surface area contributed by atoms with Gasteiger partial charge in [0.1, 0.15) is 43.2 Å². The molecule has 6 atom stereocenters. The van der Waals surface area contributed by atoms with Crippen LogP contribution in [-0.4, -0.2) is 98.3 Å². The summed E-state index contributed by atoms with van der Waals surface area (Å²) in [5, 5.41) is 49.6. The monoisotopic (exact) mass is 702 g/mol. The van der Waals surface area contributed by atoms with Gasteiger partial charge in [0.05, 0.1) is 13.0 Å². The number of hydrogen-bond donors (Lipinski definition) is 6. The van der Waals surface area contributed by atoms with E-state index in [0.29, 0.717) is 12.8 Å². The average Bonchev–Trinajstić information content (AvgIpc) is 3.06. The van der Waals surface area contributed by atoms with Gasteiger partial charge in [-0.05, 0) is 38.5 Å². The van der Waals surface area contributed by atoms with Crippen LogP contribution in [0.25, 0.3) is 0 Å². The summed E-state index contributed by atoms with van der Waals surface area (Å²) in [5.41, 5.74) is 0. The van der Waals surface area contributed by atoms with Crippen LogP contribution in [0.15, 0.2) is 60.8 Å². The van der Waals surface area contributed by atoms with Crippen molar-refractivity contribution < 1.29 is 63.1 Å². The summed E-state index contributed by atoms with van der Waals surface area (Å²) in [6, 6.07) is 0. The van der Waals surface area contributed by atoms with Crippen molar-refractivity contribution in [2.24, 2.45) is 0 Å². The molecule has 1 rings (SSSR count). The van der Waals surface area contributed by atoms with Gasteiger partial charge in [-0.15, -0.1) is 0 Å².